The largest absolute Gasteiger partial charge is 0.497 e. The monoisotopic (exact) mass is 444 g/mol. The molecule has 1 heterocycles. The van der Waals surface area contributed by atoms with Gasteiger partial charge in [0.15, 0.2) is 0 Å². The molecule has 1 unspecified atom stereocenters. The highest BCUT2D eigenvalue weighted by Crippen LogP contribution is 2.32. The number of nitrogens with zero attached hydrogens (tertiary/aromatic N) is 2. The van der Waals surface area contributed by atoms with Gasteiger partial charge in [0.25, 0.3) is 5.91 Å². The van der Waals surface area contributed by atoms with Crippen molar-refractivity contribution in [1.29, 1.82) is 0 Å². The third kappa shape index (κ3) is 5.10. The van der Waals surface area contributed by atoms with E-state index in [1.165, 1.54) is 16.4 Å². The minimum Gasteiger partial charge on any atom is -0.497 e. The van der Waals surface area contributed by atoms with Crippen LogP contribution < -0.4 is 4.74 Å². The topological polar surface area (TPSA) is 66.9 Å². The molecule has 2 aromatic rings. The van der Waals surface area contributed by atoms with Gasteiger partial charge in [-0.15, -0.1) is 0 Å². The van der Waals surface area contributed by atoms with E-state index in [1.54, 1.807) is 26.3 Å². The zero-order valence-corrected chi connectivity index (χ0v) is 19.6. The van der Waals surface area contributed by atoms with Crippen LogP contribution in [0.5, 0.6) is 5.75 Å². The summed E-state index contributed by atoms with van der Waals surface area (Å²) in [4.78, 5) is 15.5. The molecule has 0 radical (unpaired) electrons. The number of amides is 1. The average molecular weight is 445 g/mol. The van der Waals surface area contributed by atoms with E-state index in [0.717, 1.165) is 37.0 Å². The molecule has 1 atom stereocenters. The Kier molecular flexibility index (Phi) is 7.38. The summed E-state index contributed by atoms with van der Waals surface area (Å²) in [6.07, 6.45) is 4.03. The molecular formula is C24H32N2O4S. The van der Waals surface area contributed by atoms with Crippen molar-refractivity contribution in [2.45, 2.75) is 56.5 Å². The molecule has 0 N–H and O–H groups in total. The van der Waals surface area contributed by atoms with E-state index in [2.05, 4.69) is 0 Å². The van der Waals surface area contributed by atoms with Crippen LogP contribution in [0.3, 0.4) is 0 Å². The Bertz CT molecular complexity index is 985. The van der Waals surface area contributed by atoms with E-state index in [-0.39, 0.29) is 22.9 Å². The van der Waals surface area contributed by atoms with Crippen molar-refractivity contribution in [1.82, 2.24) is 9.21 Å². The maximum absolute atomic E-state index is 13.4. The van der Waals surface area contributed by atoms with Crippen molar-refractivity contribution in [3.63, 3.8) is 0 Å². The molecule has 1 fully saturated rings. The first-order valence-electron chi connectivity index (χ1n) is 10.8. The number of likely N-dealkylation sites (tertiary alicyclic amines) is 1. The van der Waals surface area contributed by atoms with E-state index in [1.807, 2.05) is 43.0 Å². The number of rotatable bonds is 6. The lowest BCUT2D eigenvalue weighted by atomic mass is 10.00. The summed E-state index contributed by atoms with van der Waals surface area (Å²) in [5, 5.41) is 0. The molecule has 1 amide bonds. The van der Waals surface area contributed by atoms with Crippen LogP contribution in [0.15, 0.2) is 53.4 Å². The fourth-order valence-corrected chi connectivity index (χ4v) is 5.27. The van der Waals surface area contributed by atoms with Gasteiger partial charge in [0.2, 0.25) is 10.0 Å². The fourth-order valence-electron chi connectivity index (χ4n) is 3.90. The third-order valence-corrected chi connectivity index (χ3v) is 8.07. The molecule has 3 rings (SSSR count). The van der Waals surface area contributed by atoms with Gasteiger partial charge in [-0.2, -0.15) is 4.31 Å². The summed E-state index contributed by atoms with van der Waals surface area (Å²) in [7, 11) is -0.372. The highest BCUT2D eigenvalue weighted by Gasteiger charge is 2.28. The Balaban J connectivity index is 1.86. The van der Waals surface area contributed by atoms with Gasteiger partial charge in [-0.25, -0.2) is 8.42 Å². The average Bonchev–Trinajstić information content (AvgIpc) is 3.04. The van der Waals surface area contributed by atoms with Gasteiger partial charge in [0, 0.05) is 25.2 Å². The third-order valence-electron chi connectivity index (χ3n) is 6.02. The summed E-state index contributed by atoms with van der Waals surface area (Å²) < 4.78 is 32.0. The van der Waals surface area contributed by atoms with Crippen LogP contribution in [0.4, 0.5) is 0 Å². The Morgan fingerprint density at radius 1 is 1.03 bits per heavy atom. The first-order valence-corrected chi connectivity index (χ1v) is 12.2. The second-order valence-corrected chi connectivity index (χ2v) is 10.3. The molecule has 168 valence electrons. The Labute approximate surface area is 185 Å². The zero-order valence-electron chi connectivity index (χ0n) is 18.7. The molecule has 2 aromatic carbocycles. The number of sulfonamides is 1. The number of carbonyl (C=O) groups is 1. The summed E-state index contributed by atoms with van der Waals surface area (Å²) >= 11 is 0. The predicted molar refractivity (Wildman–Crippen MR) is 122 cm³/mol. The van der Waals surface area contributed by atoms with Crippen molar-refractivity contribution < 1.29 is 17.9 Å². The molecule has 0 bridgehead atoms. The van der Waals surface area contributed by atoms with Crippen LogP contribution >= 0.6 is 0 Å². The highest BCUT2D eigenvalue weighted by atomic mass is 32.2. The second kappa shape index (κ2) is 9.83. The summed E-state index contributed by atoms with van der Waals surface area (Å²) in [5.41, 5.74) is 1.60. The summed E-state index contributed by atoms with van der Waals surface area (Å²) in [5.74, 6) is 0.724. The molecule has 0 saturated carbocycles. The van der Waals surface area contributed by atoms with Gasteiger partial charge < -0.3 is 9.64 Å². The van der Waals surface area contributed by atoms with Gasteiger partial charge in [0.05, 0.1) is 18.0 Å². The van der Waals surface area contributed by atoms with E-state index in [0.29, 0.717) is 12.1 Å². The van der Waals surface area contributed by atoms with E-state index in [9.17, 15) is 13.2 Å². The SMILES string of the molecule is COc1ccc(C2CCCCCN2C(=O)c2ccc(S(=O)(=O)N(C)C(C)C)cc2)cc1. The maximum Gasteiger partial charge on any atom is 0.254 e. The maximum atomic E-state index is 13.4. The molecule has 1 aliphatic heterocycles. The fraction of sp³-hybridized carbons (Fsp3) is 0.458. The quantitative estimate of drug-likeness (QED) is 0.659. The number of ether oxygens (including phenoxy) is 1. The van der Waals surface area contributed by atoms with Crippen molar-refractivity contribution in [3.8, 4) is 5.75 Å². The number of carbonyl (C=O) groups excluding carboxylic acids is 1. The summed E-state index contributed by atoms with van der Waals surface area (Å²) in [6, 6.07) is 14.0. The smallest absolute Gasteiger partial charge is 0.254 e. The molecule has 1 saturated heterocycles. The van der Waals surface area contributed by atoms with Crippen molar-refractivity contribution in [3.05, 3.63) is 59.7 Å². The van der Waals surface area contributed by atoms with Crippen molar-refractivity contribution in [2.24, 2.45) is 0 Å². The molecule has 0 aromatic heterocycles. The lowest BCUT2D eigenvalue weighted by molar-refractivity contribution is 0.0681. The number of hydrogen-bond acceptors (Lipinski definition) is 4. The van der Waals surface area contributed by atoms with Crippen LogP contribution in [0.25, 0.3) is 0 Å². The number of hydrogen-bond donors (Lipinski definition) is 0. The zero-order chi connectivity index (χ0) is 22.6. The lowest BCUT2D eigenvalue weighted by Crippen LogP contribution is -2.35. The second-order valence-electron chi connectivity index (χ2n) is 8.28. The molecule has 1 aliphatic rings. The van der Waals surface area contributed by atoms with Gasteiger partial charge in [0.1, 0.15) is 5.75 Å². The predicted octanol–water partition coefficient (Wildman–Crippen LogP) is 4.48. The van der Waals surface area contributed by atoms with Crippen LogP contribution in [0.1, 0.15) is 61.5 Å². The Morgan fingerprint density at radius 3 is 2.26 bits per heavy atom. The van der Waals surface area contributed by atoms with E-state index in [4.69, 9.17) is 4.74 Å². The molecule has 7 heteroatoms. The molecule has 0 spiro atoms. The van der Waals surface area contributed by atoms with Gasteiger partial charge >= 0.3 is 0 Å². The normalized spacial score (nSPS) is 17.6. The molecular weight excluding hydrogens is 412 g/mol. The van der Waals surface area contributed by atoms with Crippen LogP contribution in [-0.2, 0) is 10.0 Å². The van der Waals surface area contributed by atoms with E-state index >= 15 is 0 Å². The lowest BCUT2D eigenvalue weighted by Gasteiger charge is -2.31. The van der Waals surface area contributed by atoms with E-state index < -0.39 is 10.0 Å². The van der Waals surface area contributed by atoms with Gasteiger partial charge in [-0.05, 0) is 68.7 Å². The standard InChI is InChI=1S/C24H32N2O4S/c1-18(2)25(3)31(28,29)22-15-11-20(12-16-22)24(27)26-17-7-5-6-8-23(26)19-9-13-21(30-4)14-10-19/h9-16,18,23H,5-8,17H2,1-4H3. The highest BCUT2D eigenvalue weighted by molar-refractivity contribution is 7.89. The van der Waals surface area contributed by atoms with Gasteiger partial charge in [-0.3, -0.25) is 4.79 Å². The first-order chi connectivity index (χ1) is 14.8. The van der Waals surface area contributed by atoms with Crippen LogP contribution in [0, 0.1) is 0 Å². The first kappa shape index (κ1) is 23.3. The molecule has 6 nitrogen and oxygen atoms in total. The van der Waals surface area contributed by atoms with Gasteiger partial charge in [-0.1, -0.05) is 25.0 Å². The Hall–Kier alpha value is -2.38. The Morgan fingerprint density at radius 2 is 1.68 bits per heavy atom. The number of methoxy groups -OCH3 is 1. The van der Waals surface area contributed by atoms with Crippen molar-refractivity contribution in [2.75, 3.05) is 20.7 Å². The summed E-state index contributed by atoms with van der Waals surface area (Å²) in [6.45, 7) is 4.34. The minimum absolute atomic E-state index is 0.00334. The minimum atomic E-state index is -3.58. The molecule has 0 aliphatic carbocycles. The van der Waals surface area contributed by atoms with Crippen LogP contribution in [0.2, 0.25) is 0 Å². The molecule has 31 heavy (non-hydrogen) atoms. The van der Waals surface area contributed by atoms with Crippen molar-refractivity contribution >= 4 is 15.9 Å². The van der Waals surface area contributed by atoms with Crippen LogP contribution in [-0.4, -0.2) is 50.3 Å². The number of benzene rings is 2.